The summed E-state index contributed by atoms with van der Waals surface area (Å²) >= 11 is 0. The Balaban J connectivity index is 2.18. The van der Waals surface area contributed by atoms with Gasteiger partial charge in [-0.25, -0.2) is 16.8 Å². The average Bonchev–Trinajstić information content (AvgIpc) is 2.65. The van der Waals surface area contributed by atoms with Crippen molar-refractivity contribution in [2.24, 2.45) is 11.5 Å². The van der Waals surface area contributed by atoms with Crippen LogP contribution in [0.5, 0.6) is 0 Å². The summed E-state index contributed by atoms with van der Waals surface area (Å²) in [4.78, 5) is 21.7. The molecule has 0 saturated carbocycles. The lowest BCUT2D eigenvalue weighted by Gasteiger charge is -2.07. The standard InChI is InChI=1S/C18H20N2O6S2/c19-17(21)9-11-27(23,24)15-5-1-13(2-6-15)14-3-7-16(8-4-14)28(25,26)12-10-18(20)22/h1-8H,9-12H2,(H2,19,21)(H2,20,22). The van der Waals surface area contributed by atoms with Gasteiger partial charge in [-0.1, -0.05) is 24.3 Å². The molecular weight excluding hydrogens is 404 g/mol. The van der Waals surface area contributed by atoms with Crippen molar-refractivity contribution in [3.8, 4) is 11.1 Å². The minimum absolute atomic E-state index is 0.0724. The van der Waals surface area contributed by atoms with E-state index in [0.717, 1.165) is 0 Å². The van der Waals surface area contributed by atoms with Crippen LogP contribution in [0.3, 0.4) is 0 Å². The van der Waals surface area contributed by atoms with E-state index in [-0.39, 0.29) is 34.1 Å². The van der Waals surface area contributed by atoms with Gasteiger partial charge in [0.2, 0.25) is 11.8 Å². The van der Waals surface area contributed by atoms with Crippen LogP contribution in [0.4, 0.5) is 0 Å². The Morgan fingerprint density at radius 1 is 0.607 bits per heavy atom. The number of rotatable bonds is 9. The van der Waals surface area contributed by atoms with E-state index in [1.165, 1.54) is 24.3 Å². The van der Waals surface area contributed by atoms with E-state index in [4.69, 9.17) is 11.5 Å². The van der Waals surface area contributed by atoms with Gasteiger partial charge >= 0.3 is 0 Å². The van der Waals surface area contributed by atoms with Gasteiger partial charge in [-0.05, 0) is 35.4 Å². The second-order valence-electron chi connectivity index (χ2n) is 6.12. The molecular formula is C18H20N2O6S2. The molecule has 0 atom stereocenters. The van der Waals surface area contributed by atoms with Gasteiger partial charge in [-0.15, -0.1) is 0 Å². The van der Waals surface area contributed by atoms with E-state index < -0.39 is 31.5 Å². The summed E-state index contributed by atoms with van der Waals surface area (Å²) in [5.41, 5.74) is 11.3. The first-order valence-electron chi connectivity index (χ1n) is 8.24. The highest BCUT2D eigenvalue weighted by Crippen LogP contribution is 2.24. The maximum Gasteiger partial charge on any atom is 0.218 e. The Hall–Kier alpha value is -2.72. The van der Waals surface area contributed by atoms with Gasteiger partial charge in [0.15, 0.2) is 19.7 Å². The molecule has 28 heavy (non-hydrogen) atoms. The quantitative estimate of drug-likeness (QED) is 0.602. The Bertz CT molecular complexity index is 984. The van der Waals surface area contributed by atoms with Crippen LogP contribution in [0, 0.1) is 0 Å². The SMILES string of the molecule is NC(=O)CCS(=O)(=O)c1ccc(-c2ccc(S(=O)(=O)CCC(N)=O)cc2)cc1. The average molecular weight is 425 g/mol. The van der Waals surface area contributed by atoms with Crippen LogP contribution in [-0.4, -0.2) is 40.2 Å². The second kappa shape index (κ2) is 8.53. The molecule has 0 aliphatic heterocycles. The van der Waals surface area contributed by atoms with Gasteiger partial charge in [-0.2, -0.15) is 0 Å². The summed E-state index contributed by atoms with van der Waals surface area (Å²) in [7, 11) is -7.22. The molecule has 2 amide bonds. The van der Waals surface area contributed by atoms with Gasteiger partial charge < -0.3 is 11.5 Å². The lowest BCUT2D eigenvalue weighted by atomic mass is 10.1. The lowest BCUT2D eigenvalue weighted by molar-refractivity contribution is -0.118. The summed E-state index contributed by atoms with van der Waals surface area (Å²) in [5, 5.41) is 0. The Morgan fingerprint density at radius 3 is 1.14 bits per heavy atom. The van der Waals surface area contributed by atoms with Crippen molar-refractivity contribution in [3.05, 3.63) is 48.5 Å². The molecule has 0 fully saturated rings. The predicted octanol–water partition coefficient (Wildman–Crippen LogP) is 0.652. The fourth-order valence-electron chi connectivity index (χ4n) is 2.42. The molecule has 0 aliphatic carbocycles. The molecule has 2 rings (SSSR count). The van der Waals surface area contributed by atoms with Gasteiger partial charge in [0.05, 0.1) is 21.3 Å². The van der Waals surface area contributed by atoms with Crippen molar-refractivity contribution >= 4 is 31.5 Å². The molecule has 150 valence electrons. The molecule has 4 N–H and O–H groups in total. The van der Waals surface area contributed by atoms with E-state index in [2.05, 4.69) is 0 Å². The van der Waals surface area contributed by atoms with Crippen LogP contribution in [0.15, 0.2) is 58.3 Å². The van der Waals surface area contributed by atoms with Crippen molar-refractivity contribution in [3.63, 3.8) is 0 Å². The number of benzene rings is 2. The number of hydrogen-bond donors (Lipinski definition) is 2. The van der Waals surface area contributed by atoms with Crippen molar-refractivity contribution in [2.75, 3.05) is 11.5 Å². The van der Waals surface area contributed by atoms with Crippen LogP contribution < -0.4 is 11.5 Å². The summed E-state index contributed by atoms with van der Waals surface area (Å²) in [6, 6.07) is 12.0. The highest BCUT2D eigenvalue weighted by atomic mass is 32.2. The summed E-state index contributed by atoms with van der Waals surface area (Å²) in [6.07, 6.45) is -0.508. The van der Waals surface area contributed by atoms with Crippen molar-refractivity contribution < 1.29 is 26.4 Å². The number of carbonyl (C=O) groups excluding carboxylic acids is 2. The summed E-state index contributed by atoms with van der Waals surface area (Å²) < 4.78 is 48.6. The molecule has 0 heterocycles. The minimum Gasteiger partial charge on any atom is -0.370 e. The Labute approximate surface area is 163 Å². The highest BCUT2D eigenvalue weighted by molar-refractivity contribution is 7.91. The maximum atomic E-state index is 12.1. The number of primary amides is 2. The van der Waals surface area contributed by atoms with Crippen LogP contribution in [0.2, 0.25) is 0 Å². The molecule has 0 unspecified atom stereocenters. The van der Waals surface area contributed by atoms with E-state index >= 15 is 0 Å². The summed E-state index contributed by atoms with van der Waals surface area (Å²) in [6.45, 7) is 0. The zero-order chi connectivity index (χ0) is 20.9. The zero-order valence-electron chi connectivity index (χ0n) is 14.9. The number of amides is 2. The highest BCUT2D eigenvalue weighted by Gasteiger charge is 2.17. The third-order valence-corrected chi connectivity index (χ3v) is 7.46. The van der Waals surface area contributed by atoms with E-state index in [1.807, 2.05) is 0 Å². The maximum absolute atomic E-state index is 12.1. The molecule has 2 aromatic carbocycles. The smallest absolute Gasteiger partial charge is 0.218 e. The van der Waals surface area contributed by atoms with E-state index in [1.54, 1.807) is 24.3 Å². The first-order valence-corrected chi connectivity index (χ1v) is 11.5. The van der Waals surface area contributed by atoms with Gasteiger partial charge in [-0.3, -0.25) is 9.59 Å². The monoisotopic (exact) mass is 424 g/mol. The van der Waals surface area contributed by atoms with Crippen LogP contribution in [0.25, 0.3) is 11.1 Å². The first-order chi connectivity index (χ1) is 13.0. The van der Waals surface area contributed by atoms with E-state index in [9.17, 15) is 26.4 Å². The second-order valence-corrected chi connectivity index (χ2v) is 10.3. The minimum atomic E-state index is -3.61. The fourth-order valence-corrected chi connectivity index (χ4v) is 4.93. The molecule has 0 radical (unpaired) electrons. The molecule has 10 heteroatoms. The largest absolute Gasteiger partial charge is 0.370 e. The molecule has 2 aromatic rings. The van der Waals surface area contributed by atoms with Gasteiger partial charge in [0.25, 0.3) is 0 Å². The fraction of sp³-hybridized carbons (Fsp3) is 0.222. The van der Waals surface area contributed by atoms with Gasteiger partial charge in [0.1, 0.15) is 0 Å². The molecule has 0 saturated heterocycles. The molecule has 0 bridgehead atoms. The van der Waals surface area contributed by atoms with Gasteiger partial charge in [0, 0.05) is 12.8 Å². The molecule has 0 spiro atoms. The predicted molar refractivity (Wildman–Crippen MR) is 104 cm³/mol. The zero-order valence-corrected chi connectivity index (χ0v) is 16.5. The molecule has 0 aliphatic rings. The molecule has 0 aromatic heterocycles. The van der Waals surface area contributed by atoms with Crippen molar-refractivity contribution in [1.29, 1.82) is 0 Å². The normalized spacial score (nSPS) is 11.9. The topological polar surface area (TPSA) is 154 Å². The third-order valence-electron chi connectivity index (χ3n) is 3.99. The number of nitrogens with two attached hydrogens (primary N) is 2. The van der Waals surface area contributed by atoms with Crippen LogP contribution in [-0.2, 0) is 29.3 Å². The number of sulfone groups is 2. The van der Waals surface area contributed by atoms with Crippen molar-refractivity contribution in [2.45, 2.75) is 22.6 Å². The van der Waals surface area contributed by atoms with Crippen LogP contribution >= 0.6 is 0 Å². The first kappa shape index (κ1) is 21.6. The van der Waals surface area contributed by atoms with Crippen molar-refractivity contribution in [1.82, 2.24) is 0 Å². The lowest BCUT2D eigenvalue weighted by Crippen LogP contribution is -2.17. The Morgan fingerprint density at radius 2 is 0.893 bits per heavy atom. The third kappa shape index (κ3) is 5.64. The summed E-state index contributed by atoms with van der Waals surface area (Å²) in [5.74, 6) is -2.10. The molecule has 8 nitrogen and oxygen atoms in total. The number of hydrogen-bond acceptors (Lipinski definition) is 6. The number of carbonyl (C=O) groups is 2. The van der Waals surface area contributed by atoms with Crippen LogP contribution in [0.1, 0.15) is 12.8 Å². The Kier molecular flexibility index (Phi) is 6.57. The van der Waals surface area contributed by atoms with E-state index in [0.29, 0.717) is 11.1 Å².